The first-order chi connectivity index (χ1) is 7.88. The van der Waals surface area contributed by atoms with Crippen LogP contribution in [0.1, 0.15) is 71.6 Å². The van der Waals surface area contributed by atoms with Gasteiger partial charge in [-0.05, 0) is 25.2 Å². The molecule has 0 radical (unpaired) electrons. The molecule has 0 aromatic rings. The van der Waals surface area contributed by atoms with E-state index in [-0.39, 0.29) is 0 Å². The van der Waals surface area contributed by atoms with Gasteiger partial charge in [0.15, 0.2) is 0 Å². The molecule has 1 rings (SSSR count). The Kier molecular flexibility index (Phi) is 7.29. The summed E-state index contributed by atoms with van der Waals surface area (Å²) in [6, 6.07) is 0. The molecule has 0 fully saturated rings. The van der Waals surface area contributed by atoms with Crippen LogP contribution in [0, 0.1) is 5.92 Å². The van der Waals surface area contributed by atoms with Crippen molar-refractivity contribution in [3.8, 4) is 0 Å². The molecular formula is C16H28. The van der Waals surface area contributed by atoms with E-state index in [2.05, 4.69) is 32.1 Å². The average Bonchev–Trinajstić information content (AvgIpc) is 2.81. The lowest BCUT2D eigenvalue weighted by Gasteiger charge is -2.17. The van der Waals surface area contributed by atoms with Gasteiger partial charge in [-0.15, -0.1) is 0 Å². The van der Waals surface area contributed by atoms with Gasteiger partial charge in [0.25, 0.3) is 0 Å². The summed E-state index contributed by atoms with van der Waals surface area (Å²) in [5.74, 6) is 0.877. The van der Waals surface area contributed by atoms with E-state index < -0.39 is 0 Å². The van der Waals surface area contributed by atoms with Crippen LogP contribution in [0.25, 0.3) is 0 Å². The van der Waals surface area contributed by atoms with Crippen molar-refractivity contribution in [3.05, 3.63) is 23.8 Å². The summed E-state index contributed by atoms with van der Waals surface area (Å²) >= 11 is 0. The average molecular weight is 220 g/mol. The van der Waals surface area contributed by atoms with Crippen molar-refractivity contribution in [3.63, 3.8) is 0 Å². The van der Waals surface area contributed by atoms with Crippen molar-refractivity contribution in [2.45, 2.75) is 71.6 Å². The SMILES string of the molecule is CCCCCCCC(CCC)C1=CC=CC1. The zero-order valence-corrected chi connectivity index (χ0v) is 11.2. The quantitative estimate of drug-likeness (QED) is 0.440. The van der Waals surface area contributed by atoms with Crippen LogP contribution in [0.15, 0.2) is 23.8 Å². The zero-order chi connectivity index (χ0) is 11.6. The summed E-state index contributed by atoms with van der Waals surface area (Å²) in [7, 11) is 0. The molecule has 0 saturated heterocycles. The monoisotopic (exact) mass is 220 g/mol. The molecule has 0 aromatic carbocycles. The number of allylic oxidation sites excluding steroid dienone is 4. The molecule has 0 saturated carbocycles. The number of hydrogen-bond donors (Lipinski definition) is 0. The molecule has 0 aliphatic heterocycles. The highest BCUT2D eigenvalue weighted by atomic mass is 14.2. The highest BCUT2D eigenvalue weighted by molar-refractivity contribution is 5.24. The van der Waals surface area contributed by atoms with E-state index in [1.807, 2.05) is 0 Å². The fourth-order valence-electron chi connectivity index (χ4n) is 2.62. The van der Waals surface area contributed by atoms with Crippen LogP contribution in [-0.4, -0.2) is 0 Å². The van der Waals surface area contributed by atoms with Crippen LogP contribution >= 0.6 is 0 Å². The third-order valence-corrected chi connectivity index (χ3v) is 3.62. The molecule has 1 aliphatic carbocycles. The largest absolute Gasteiger partial charge is 0.0805 e. The van der Waals surface area contributed by atoms with E-state index in [0.29, 0.717) is 0 Å². The van der Waals surface area contributed by atoms with Crippen LogP contribution in [0.5, 0.6) is 0 Å². The maximum atomic E-state index is 2.35. The number of rotatable bonds is 9. The van der Waals surface area contributed by atoms with Gasteiger partial charge in [0.1, 0.15) is 0 Å². The molecule has 0 heteroatoms. The van der Waals surface area contributed by atoms with Crippen LogP contribution in [-0.2, 0) is 0 Å². The highest BCUT2D eigenvalue weighted by Crippen LogP contribution is 2.29. The maximum Gasteiger partial charge on any atom is -0.0130 e. The second-order valence-electron chi connectivity index (χ2n) is 5.06. The Morgan fingerprint density at radius 3 is 2.44 bits per heavy atom. The van der Waals surface area contributed by atoms with Gasteiger partial charge in [-0.3, -0.25) is 0 Å². The minimum absolute atomic E-state index is 0.877. The van der Waals surface area contributed by atoms with E-state index in [4.69, 9.17) is 0 Å². The molecule has 1 aliphatic rings. The molecule has 92 valence electrons. The molecule has 0 aromatic heterocycles. The van der Waals surface area contributed by atoms with Crippen molar-refractivity contribution in [1.29, 1.82) is 0 Å². The predicted octanol–water partition coefficient (Wildman–Crippen LogP) is 5.65. The van der Waals surface area contributed by atoms with E-state index >= 15 is 0 Å². The van der Waals surface area contributed by atoms with Crippen LogP contribution in [0.4, 0.5) is 0 Å². The standard InChI is InChI=1S/C16H28/c1-3-5-6-7-8-12-15(11-4-2)16-13-9-10-14-16/h9-10,13,15H,3-8,11-12,14H2,1-2H3. The lowest BCUT2D eigenvalue weighted by Crippen LogP contribution is -2.03. The molecule has 16 heavy (non-hydrogen) atoms. The van der Waals surface area contributed by atoms with Gasteiger partial charge < -0.3 is 0 Å². The summed E-state index contributed by atoms with van der Waals surface area (Å²) in [5, 5.41) is 0. The van der Waals surface area contributed by atoms with Gasteiger partial charge in [0.05, 0.1) is 0 Å². The third-order valence-electron chi connectivity index (χ3n) is 3.62. The molecule has 1 atom stereocenters. The van der Waals surface area contributed by atoms with Crippen molar-refractivity contribution in [2.24, 2.45) is 5.92 Å². The third kappa shape index (κ3) is 5.01. The normalized spacial score (nSPS) is 16.5. The van der Waals surface area contributed by atoms with Gasteiger partial charge >= 0.3 is 0 Å². The second-order valence-corrected chi connectivity index (χ2v) is 5.06. The predicted molar refractivity (Wildman–Crippen MR) is 73.6 cm³/mol. The Morgan fingerprint density at radius 2 is 1.81 bits per heavy atom. The maximum absolute atomic E-state index is 2.35. The minimum atomic E-state index is 0.877. The summed E-state index contributed by atoms with van der Waals surface area (Å²) in [5.41, 5.74) is 1.69. The van der Waals surface area contributed by atoms with Crippen LogP contribution in [0.2, 0.25) is 0 Å². The van der Waals surface area contributed by atoms with Gasteiger partial charge in [-0.25, -0.2) is 0 Å². The van der Waals surface area contributed by atoms with E-state index in [1.165, 1.54) is 57.8 Å². The molecular weight excluding hydrogens is 192 g/mol. The van der Waals surface area contributed by atoms with Crippen molar-refractivity contribution in [2.75, 3.05) is 0 Å². The van der Waals surface area contributed by atoms with Gasteiger partial charge in [0.2, 0.25) is 0 Å². The molecule has 0 heterocycles. The Hall–Kier alpha value is -0.520. The van der Waals surface area contributed by atoms with Crippen LogP contribution < -0.4 is 0 Å². The molecule has 0 nitrogen and oxygen atoms in total. The molecule has 1 unspecified atom stereocenters. The van der Waals surface area contributed by atoms with Crippen molar-refractivity contribution < 1.29 is 0 Å². The number of unbranched alkanes of at least 4 members (excludes halogenated alkanes) is 4. The Labute approximate surface area is 102 Å². The lowest BCUT2D eigenvalue weighted by atomic mass is 9.88. The fraction of sp³-hybridized carbons (Fsp3) is 0.750. The highest BCUT2D eigenvalue weighted by Gasteiger charge is 2.13. The fourth-order valence-corrected chi connectivity index (χ4v) is 2.62. The van der Waals surface area contributed by atoms with E-state index in [0.717, 1.165) is 5.92 Å². The number of hydrogen-bond acceptors (Lipinski definition) is 0. The van der Waals surface area contributed by atoms with Crippen LogP contribution in [0.3, 0.4) is 0 Å². The minimum Gasteiger partial charge on any atom is -0.0805 e. The van der Waals surface area contributed by atoms with Gasteiger partial charge in [-0.1, -0.05) is 76.2 Å². The topological polar surface area (TPSA) is 0 Å². The molecule has 0 amide bonds. The lowest BCUT2D eigenvalue weighted by molar-refractivity contribution is 0.469. The molecule has 0 bridgehead atoms. The summed E-state index contributed by atoms with van der Waals surface area (Å²) in [6.45, 7) is 4.60. The summed E-state index contributed by atoms with van der Waals surface area (Å²) < 4.78 is 0. The Bertz CT molecular complexity index is 222. The zero-order valence-electron chi connectivity index (χ0n) is 11.2. The molecule has 0 spiro atoms. The van der Waals surface area contributed by atoms with Crippen molar-refractivity contribution in [1.82, 2.24) is 0 Å². The van der Waals surface area contributed by atoms with E-state index in [9.17, 15) is 0 Å². The van der Waals surface area contributed by atoms with E-state index in [1.54, 1.807) is 5.57 Å². The second kappa shape index (κ2) is 8.61. The first-order valence-corrected chi connectivity index (χ1v) is 7.24. The van der Waals surface area contributed by atoms with Crippen molar-refractivity contribution >= 4 is 0 Å². The smallest absolute Gasteiger partial charge is 0.0130 e. The first kappa shape index (κ1) is 13.5. The Balaban J connectivity index is 2.18. The summed E-state index contributed by atoms with van der Waals surface area (Å²) in [4.78, 5) is 0. The van der Waals surface area contributed by atoms with Gasteiger partial charge in [-0.2, -0.15) is 0 Å². The van der Waals surface area contributed by atoms with Gasteiger partial charge in [0, 0.05) is 0 Å². The first-order valence-electron chi connectivity index (χ1n) is 7.24. The summed E-state index contributed by atoms with van der Waals surface area (Å²) in [6.07, 6.45) is 19.3. The molecule has 0 N–H and O–H groups in total. The Morgan fingerprint density at radius 1 is 1.00 bits per heavy atom.